The zero-order chi connectivity index (χ0) is 20.1. The number of amides is 1. The van der Waals surface area contributed by atoms with Gasteiger partial charge in [-0.3, -0.25) is 9.69 Å². The number of hydrogen-bond acceptors (Lipinski definition) is 3. The van der Waals surface area contributed by atoms with Gasteiger partial charge >= 0.3 is 0 Å². The second kappa shape index (κ2) is 8.88. The molecule has 146 valence electrons. The minimum absolute atomic E-state index is 0.0489. The lowest BCUT2D eigenvalue weighted by atomic mass is 9.99. The van der Waals surface area contributed by atoms with Crippen LogP contribution in [0.3, 0.4) is 0 Å². The molecule has 5 heteroatoms. The maximum absolute atomic E-state index is 12.5. The van der Waals surface area contributed by atoms with Crippen LogP contribution in [-0.4, -0.2) is 22.5 Å². The SMILES string of the molecule is O=C1CC(c2ccccc2)CN1C(=S)Nc1cccc(OCc2ccccc2)c1. The van der Waals surface area contributed by atoms with Crippen molar-refractivity contribution >= 4 is 28.9 Å². The number of carbonyl (C=O) groups excluding carboxylic acids is 1. The van der Waals surface area contributed by atoms with Crippen LogP contribution >= 0.6 is 12.2 Å². The van der Waals surface area contributed by atoms with E-state index in [1.54, 1.807) is 4.90 Å². The Hall–Kier alpha value is -3.18. The Bertz CT molecular complexity index is 992. The topological polar surface area (TPSA) is 41.6 Å². The second-order valence-electron chi connectivity index (χ2n) is 7.05. The summed E-state index contributed by atoms with van der Waals surface area (Å²) in [5.74, 6) is 0.966. The number of carbonyl (C=O) groups is 1. The van der Waals surface area contributed by atoms with E-state index in [1.807, 2.05) is 72.8 Å². The van der Waals surface area contributed by atoms with Gasteiger partial charge in [0.25, 0.3) is 0 Å². The molecule has 4 rings (SSSR count). The Labute approximate surface area is 176 Å². The van der Waals surface area contributed by atoms with Gasteiger partial charge in [-0.15, -0.1) is 0 Å². The van der Waals surface area contributed by atoms with E-state index in [9.17, 15) is 4.79 Å². The first-order chi connectivity index (χ1) is 14.2. The molecule has 0 saturated carbocycles. The number of hydrogen-bond donors (Lipinski definition) is 1. The molecule has 1 fully saturated rings. The summed E-state index contributed by atoms with van der Waals surface area (Å²) in [7, 11) is 0. The molecule has 1 amide bonds. The van der Waals surface area contributed by atoms with Gasteiger partial charge in [-0.2, -0.15) is 0 Å². The van der Waals surface area contributed by atoms with Gasteiger partial charge in [0.15, 0.2) is 5.11 Å². The minimum atomic E-state index is 0.0489. The van der Waals surface area contributed by atoms with Crippen LogP contribution in [0.15, 0.2) is 84.9 Å². The third-order valence-corrected chi connectivity index (χ3v) is 5.30. The lowest BCUT2D eigenvalue weighted by molar-refractivity contribution is -0.124. The third-order valence-electron chi connectivity index (χ3n) is 4.97. The largest absolute Gasteiger partial charge is 0.489 e. The van der Waals surface area contributed by atoms with E-state index in [4.69, 9.17) is 17.0 Å². The van der Waals surface area contributed by atoms with Crippen molar-refractivity contribution in [1.29, 1.82) is 0 Å². The van der Waals surface area contributed by atoms with Crippen LogP contribution in [-0.2, 0) is 11.4 Å². The number of benzene rings is 3. The fourth-order valence-corrected chi connectivity index (χ4v) is 3.74. The van der Waals surface area contributed by atoms with Crippen LogP contribution in [0.5, 0.6) is 5.75 Å². The average molecular weight is 403 g/mol. The third kappa shape index (κ3) is 4.81. The highest BCUT2D eigenvalue weighted by Crippen LogP contribution is 2.29. The smallest absolute Gasteiger partial charge is 0.229 e. The van der Waals surface area contributed by atoms with Crippen molar-refractivity contribution in [3.05, 3.63) is 96.1 Å². The van der Waals surface area contributed by atoms with Crippen LogP contribution in [0, 0.1) is 0 Å². The molecule has 1 saturated heterocycles. The van der Waals surface area contributed by atoms with Gasteiger partial charge in [0.05, 0.1) is 0 Å². The van der Waals surface area contributed by atoms with Crippen molar-refractivity contribution < 1.29 is 9.53 Å². The van der Waals surface area contributed by atoms with Crippen LogP contribution in [0.4, 0.5) is 5.69 Å². The van der Waals surface area contributed by atoms with Crippen molar-refractivity contribution in [2.75, 3.05) is 11.9 Å². The number of rotatable bonds is 5. The maximum atomic E-state index is 12.5. The standard InChI is InChI=1S/C24H22N2O2S/c27-23-14-20(19-10-5-2-6-11-19)16-26(23)24(29)25-21-12-7-13-22(15-21)28-17-18-8-3-1-4-9-18/h1-13,15,20H,14,16-17H2,(H,25,29). The fraction of sp³-hybridized carbons (Fsp3) is 0.167. The normalized spacial score (nSPS) is 15.9. The molecule has 1 N–H and O–H groups in total. The van der Waals surface area contributed by atoms with Gasteiger partial charge in [0.1, 0.15) is 12.4 Å². The molecule has 0 radical (unpaired) electrons. The quantitative estimate of drug-likeness (QED) is 0.611. The molecule has 1 unspecified atom stereocenters. The molecule has 3 aromatic rings. The maximum Gasteiger partial charge on any atom is 0.229 e. The second-order valence-corrected chi connectivity index (χ2v) is 7.44. The number of ether oxygens (including phenoxy) is 1. The van der Waals surface area contributed by atoms with Gasteiger partial charge in [-0.25, -0.2) is 0 Å². The van der Waals surface area contributed by atoms with Gasteiger partial charge in [-0.1, -0.05) is 66.7 Å². The first-order valence-electron chi connectivity index (χ1n) is 9.62. The molecule has 0 spiro atoms. The van der Waals surface area contributed by atoms with E-state index in [-0.39, 0.29) is 11.8 Å². The monoisotopic (exact) mass is 402 g/mol. The van der Waals surface area contributed by atoms with Crippen molar-refractivity contribution in [2.24, 2.45) is 0 Å². The zero-order valence-electron chi connectivity index (χ0n) is 16.0. The van der Waals surface area contributed by atoms with Crippen molar-refractivity contribution in [1.82, 2.24) is 4.90 Å². The summed E-state index contributed by atoms with van der Waals surface area (Å²) in [4.78, 5) is 14.1. The highest BCUT2D eigenvalue weighted by molar-refractivity contribution is 7.80. The molecule has 0 bridgehead atoms. The Balaban J connectivity index is 1.37. The number of nitrogens with zero attached hydrogens (tertiary/aromatic N) is 1. The molecular formula is C24H22N2O2S. The lowest BCUT2D eigenvalue weighted by Crippen LogP contribution is -2.35. The Kier molecular flexibility index (Phi) is 5.86. The van der Waals surface area contributed by atoms with Crippen molar-refractivity contribution in [3.63, 3.8) is 0 Å². The number of nitrogens with one attached hydrogen (secondary N) is 1. The highest BCUT2D eigenvalue weighted by atomic mass is 32.1. The number of likely N-dealkylation sites (tertiary alicyclic amines) is 1. The van der Waals surface area contributed by atoms with E-state index in [2.05, 4.69) is 17.4 Å². The summed E-state index contributed by atoms with van der Waals surface area (Å²) in [6, 6.07) is 27.7. The summed E-state index contributed by atoms with van der Waals surface area (Å²) in [5.41, 5.74) is 3.08. The van der Waals surface area contributed by atoms with Crippen LogP contribution in [0.25, 0.3) is 0 Å². The molecule has 0 aliphatic carbocycles. The van der Waals surface area contributed by atoms with E-state index >= 15 is 0 Å². The Morgan fingerprint density at radius 1 is 1.00 bits per heavy atom. The molecule has 1 atom stereocenters. The molecule has 1 heterocycles. The summed E-state index contributed by atoms with van der Waals surface area (Å²) >= 11 is 5.51. The van der Waals surface area contributed by atoms with Gasteiger partial charge < -0.3 is 10.1 Å². The first kappa shape index (κ1) is 19.2. The predicted octanol–water partition coefficient (Wildman–Crippen LogP) is 4.98. The molecular weight excluding hydrogens is 380 g/mol. The van der Waals surface area contributed by atoms with Crippen molar-refractivity contribution in [2.45, 2.75) is 18.9 Å². The van der Waals surface area contributed by atoms with Gasteiger partial charge in [0.2, 0.25) is 5.91 Å². The van der Waals surface area contributed by atoms with Gasteiger partial charge in [-0.05, 0) is 35.5 Å². The highest BCUT2D eigenvalue weighted by Gasteiger charge is 2.32. The van der Waals surface area contributed by atoms with E-state index in [1.165, 1.54) is 5.56 Å². The van der Waals surface area contributed by atoms with Crippen LogP contribution < -0.4 is 10.1 Å². The number of anilines is 1. The zero-order valence-corrected chi connectivity index (χ0v) is 16.8. The van der Waals surface area contributed by atoms with Crippen LogP contribution in [0.1, 0.15) is 23.5 Å². The molecule has 29 heavy (non-hydrogen) atoms. The lowest BCUT2D eigenvalue weighted by Gasteiger charge is -2.19. The van der Waals surface area contributed by atoms with Gasteiger partial charge in [0, 0.05) is 30.6 Å². The minimum Gasteiger partial charge on any atom is -0.489 e. The summed E-state index contributed by atoms with van der Waals surface area (Å²) in [6.45, 7) is 1.09. The molecule has 4 nitrogen and oxygen atoms in total. The van der Waals surface area contributed by atoms with Crippen LogP contribution in [0.2, 0.25) is 0 Å². The predicted molar refractivity (Wildman–Crippen MR) is 119 cm³/mol. The number of thiocarbonyl (C=S) groups is 1. The Morgan fingerprint density at radius 3 is 2.48 bits per heavy atom. The average Bonchev–Trinajstić information content (AvgIpc) is 3.16. The molecule has 0 aromatic heterocycles. The van der Waals surface area contributed by atoms with E-state index in [0.29, 0.717) is 24.7 Å². The molecule has 1 aliphatic rings. The molecule has 1 aliphatic heterocycles. The Morgan fingerprint density at radius 2 is 1.72 bits per heavy atom. The van der Waals surface area contributed by atoms with E-state index < -0.39 is 0 Å². The van der Waals surface area contributed by atoms with E-state index in [0.717, 1.165) is 17.0 Å². The summed E-state index contributed by atoms with van der Waals surface area (Å²) in [6.07, 6.45) is 0.478. The fourth-order valence-electron chi connectivity index (χ4n) is 3.45. The van der Waals surface area contributed by atoms with Crippen molar-refractivity contribution in [3.8, 4) is 5.75 Å². The summed E-state index contributed by atoms with van der Waals surface area (Å²) in [5, 5.41) is 3.61. The summed E-state index contributed by atoms with van der Waals surface area (Å²) < 4.78 is 5.87. The molecule has 3 aromatic carbocycles. The first-order valence-corrected chi connectivity index (χ1v) is 10.0.